The molecule has 1 fully saturated rings. The van der Waals surface area contributed by atoms with Crippen molar-refractivity contribution in [3.63, 3.8) is 0 Å². The third kappa shape index (κ3) is 3.29. The summed E-state index contributed by atoms with van der Waals surface area (Å²) in [7, 11) is 0. The number of nitrogens with two attached hydrogens (primary N) is 2. The zero-order valence-electron chi connectivity index (χ0n) is 9.09. The summed E-state index contributed by atoms with van der Waals surface area (Å²) in [5.74, 6) is -2.66. The van der Waals surface area contributed by atoms with Crippen LogP contribution in [0.2, 0.25) is 0 Å². The molecule has 1 atom stereocenters. The quantitative estimate of drug-likeness (QED) is 0.738. The van der Waals surface area contributed by atoms with Crippen LogP contribution < -0.4 is 11.5 Å². The van der Waals surface area contributed by atoms with Gasteiger partial charge in [-0.2, -0.15) is 0 Å². The Bertz CT molecular complexity index is 192. The van der Waals surface area contributed by atoms with Crippen molar-refractivity contribution in [2.24, 2.45) is 17.4 Å². The van der Waals surface area contributed by atoms with Crippen LogP contribution in [0.4, 0.5) is 8.78 Å². The Balaban J connectivity index is 2.43. The molecular formula is C10H20F2N2S. The van der Waals surface area contributed by atoms with Gasteiger partial charge in [0.05, 0.1) is 6.04 Å². The van der Waals surface area contributed by atoms with Gasteiger partial charge in [0.25, 0.3) is 5.92 Å². The third-order valence-corrected chi connectivity index (χ3v) is 4.29. The lowest BCUT2D eigenvalue weighted by Gasteiger charge is -2.35. The van der Waals surface area contributed by atoms with Crippen molar-refractivity contribution in [3.05, 3.63) is 0 Å². The summed E-state index contributed by atoms with van der Waals surface area (Å²) in [6.07, 6.45) is 2.84. The van der Waals surface area contributed by atoms with Gasteiger partial charge < -0.3 is 11.5 Å². The maximum Gasteiger partial charge on any atom is 0.265 e. The molecule has 0 aromatic rings. The van der Waals surface area contributed by atoms with Gasteiger partial charge in [0.1, 0.15) is 0 Å². The number of hydrogen-bond donors (Lipinski definition) is 2. The Labute approximate surface area is 94.2 Å². The van der Waals surface area contributed by atoms with Crippen molar-refractivity contribution >= 4 is 11.8 Å². The molecular weight excluding hydrogens is 218 g/mol. The number of rotatable bonds is 4. The van der Waals surface area contributed by atoms with Crippen molar-refractivity contribution < 1.29 is 8.78 Å². The molecule has 0 radical (unpaired) electrons. The fourth-order valence-corrected chi connectivity index (χ4v) is 3.00. The van der Waals surface area contributed by atoms with Gasteiger partial charge in [-0.15, -0.1) is 11.8 Å². The molecule has 0 spiro atoms. The summed E-state index contributed by atoms with van der Waals surface area (Å²) in [5, 5.41) is 0.468. The predicted molar refractivity (Wildman–Crippen MR) is 61.0 cm³/mol. The number of hydrogen-bond acceptors (Lipinski definition) is 3. The Morgan fingerprint density at radius 1 is 1.33 bits per heavy atom. The fraction of sp³-hybridized carbons (Fsp3) is 1.00. The molecule has 0 aromatic carbocycles. The van der Waals surface area contributed by atoms with Crippen LogP contribution in [0.5, 0.6) is 0 Å². The Hall–Kier alpha value is 0.130. The van der Waals surface area contributed by atoms with Crippen LogP contribution in [0.1, 0.15) is 32.6 Å². The van der Waals surface area contributed by atoms with E-state index in [1.807, 2.05) is 0 Å². The highest BCUT2D eigenvalue weighted by Crippen LogP contribution is 2.40. The minimum atomic E-state index is -2.71. The minimum absolute atomic E-state index is 0.468. The molecule has 0 aromatic heterocycles. The van der Waals surface area contributed by atoms with Gasteiger partial charge in [-0.1, -0.05) is 0 Å². The third-order valence-electron chi connectivity index (χ3n) is 3.16. The van der Waals surface area contributed by atoms with Crippen LogP contribution in [0.25, 0.3) is 0 Å². The van der Waals surface area contributed by atoms with Crippen molar-refractivity contribution in [1.82, 2.24) is 0 Å². The van der Waals surface area contributed by atoms with Crippen LogP contribution in [0, 0.1) is 5.92 Å². The van der Waals surface area contributed by atoms with E-state index in [1.165, 1.54) is 6.92 Å². The molecule has 2 nitrogen and oxygen atoms in total. The molecule has 90 valence electrons. The average Bonchev–Trinajstić information content (AvgIpc) is 2.19. The average molecular weight is 238 g/mol. The van der Waals surface area contributed by atoms with Crippen LogP contribution in [-0.2, 0) is 0 Å². The highest BCUT2D eigenvalue weighted by Gasteiger charge is 2.44. The standard InChI is InChI=1S/C10H20F2N2S/c1-7(14)10(11,12)8-2-4-9(5-3-8)15-6-13/h7-9H,2-6,13-14H2,1H3. The number of halogens is 2. The summed E-state index contributed by atoms with van der Waals surface area (Å²) in [6, 6.07) is -1.04. The van der Waals surface area contributed by atoms with E-state index < -0.39 is 17.9 Å². The zero-order chi connectivity index (χ0) is 11.5. The summed E-state index contributed by atoms with van der Waals surface area (Å²) < 4.78 is 27.2. The van der Waals surface area contributed by atoms with Crippen LogP contribution in [0.15, 0.2) is 0 Å². The largest absolute Gasteiger partial charge is 0.323 e. The molecule has 15 heavy (non-hydrogen) atoms. The molecule has 1 aliphatic rings. The molecule has 1 aliphatic carbocycles. The van der Waals surface area contributed by atoms with Crippen LogP contribution in [-0.4, -0.2) is 23.1 Å². The van der Waals surface area contributed by atoms with E-state index in [0.717, 1.165) is 12.8 Å². The topological polar surface area (TPSA) is 52.0 Å². The normalized spacial score (nSPS) is 30.2. The second kappa shape index (κ2) is 5.46. The monoisotopic (exact) mass is 238 g/mol. The Kier molecular flexibility index (Phi) is 4.80. The minimum Gasteiger partial charge on any atom is -0.323 e. The maximum atomic E-state index is 13.6. The lowest BCUT2D eigenvalue weighted by molar-refractivity contribution is -0.0862. The first-order valence-corrected chi connectivity index (χ1v) is 6.48. The highest BCUT2D eigenvalue weighted by molar-refractivity contribution is 7.99. The molecule has 0 bridgehead atoms. The summed E-state index contributed by atoms with van der Waals surface area (Å²) >= 11 is 1.67. The first-order chi connectivity index (χ1) is 6.98. The van der Waals surface area contributed by atoms with Gasteiger partial charge in [0.2, 0.25) is 0 Å². The Morgan fingerprint density at radius 2 is 1.87 bits per heavy atom. The first kappa shape index (κ1) is 13.2. The predicted octanol–water partition coefficient (Wildman–Crippen LogP) is 2.18. The van der Waals surface area contributed by atoms with Gasteiger partial charge in [-0.25, -0.2) is 8.78 Å². The lowest BCUT2D eigenvalue weighted by Crippen LogP contribution is -2.45. The summed E-state index contributed by atoms with van der Waals surface area (Å²) in [5.41, 5.74) is 10.7. The van der Waals surface area contributed by atoms with Crippen LogP contribution in [0.3, 0.4) is 0 Å². The molecule has 1 rings (SSSR count). The number of alkyl halides is 2. The molecule has 1 unspecified atom stereocenters. The smallest absolute Gasteiger partial charge is 0.265 e. The van der Waals surface area contributed by atoms with E-state index in [2.05, 4.69) is 0 Å². The van der Waals surface area contributed by atoms with Gasteiger partial charge in [0, 0.05) is 17.0 Å². The Morgan fingerprint density at radius 3 is 2.27 bits per heavy atom. The summed E-state index contributed by atoms with van der Waals surface area (Å²) in [4.78, 5) is 0. The molecule has 1 saturated carbocycles. The molecule has 5 heteroatoms. The van der Waals surface area contributed by atoms with E-state index in [9.17, 15) is 8.78 Å². The van der Waals surface area contributed by atoms with Crippen LogP contribution >= 0.6 is 11.8 Å². The molecule has 0 aliphatic heterocycles. The highest BCUT2D eigenvalue weighted by atomic mass is 32.2. The first-order valence-electron chi connectivity index (χ1n) is 5.43. The van der Waals surface area contributed by atoms with E-state index in [-0.39, 0.29) is 0 Å². The molecule has 0 heterocycles. The van der Waals surface area contributed by atoms with Gasteiger partial charge in [-0.05, 0) is 32.6 Å². The van der Waals surface area contributed by atoms with Gasteiger partial charge in [0.15, 0.2) is 0 Å². The molecule has 4 N–H and O–H groups in total. The van der Waals surface area contributed by atoms with E-state index in [4.69, 9.17) is 11.5 Å². The number of thioether (sulfide) groups is 1. The molecule has 0 amide bonds. The van der Waals surface area contributed by atoms with E-state index in [1.54, 1.807) is 11.8 Å². The second-order valence-corrected chi connectivity index (χ2v) is 5.60. The van der Waals surface area contributed by atoms with E-state index in [0.29, 0.717) is 24.0 Å². The van der Waals surface area contributed by atoms with Crippen molar-refractivity contribution in [2.75, 3.05) is 5.88 Å². The SMILES string of the molecule is CC(N)C(F)(F)C1CCC(SCN)CC1. The van der Waals surface area contributed by atoms with Crippen molar-refractivity contribution in [3.8, 4) is 0 Å². The van der Waals surface area contributed by atoms with Crippen molar-refractivity contribution in [2.45, 2.75) is 49.8 Å². The summed E-state index contributed by atoms with van der Waals surface area (Å²) in [6.45, 7) is 1.39. The maximum absolute atomic E-state index is 13.6. The molecule has 0 saturated heterocycles. The second-order valence-electron chi connectivity index (χ2n) is 4.27. The fourth-order valence-electron chi connectivity index (χ4n) is 2.12. The zero-order valence-corrected chi connectivity index (χ0v) is 9.90. The van der Waals surface area contributed by atoms with Gasteiger partial charge in [-0.3, -0.25) is 0 Å². The van der Waals surface area contributed by atoms with Gasteiger partial charge >= 0.3 is 0 Å². The van der Waals surface area contributed by atoms with E-state index >= 15 is 0 Å². The van der Waals surface area contributed by atoms with Crippen molar-refractivity contribution in [1.29, 1.82) is 0 Å². The lowest BCUT2D eigenvalue weighted by atomic mass is 9.82.